The van der Waals surface area contributed by atoms with Crippen LogP contribution in [0.4, 0.5) is 32.1 Å². The maximum Gasteiger partial charge on any atom is 0.412 e. The Labute approximate surface area is 286 Å². The maximum absolute atomic E-state index is 13.5. The summed E-state index contributed by atoms with van der Waals surface area (Å²) in [5, 5.41) is 9.80. The molecule has 0 saturated carbocycles. The predicted molar refractivity (Wildman–Crippen MR) is 187 cm³/mol. The molecule has 0 aliphatic carbocycles. The van der Waals surface area contributed by atoms with E-state index in [0.717, 1.165) is 0 Å². The van der Waals surface area contributed by atoms with E-state index in [1.165, 1.54) is 18.5 Å². The lowest BCUT2D eigenvalue weighted by atomic mass is 10.1. The van der Waals surface area contributed by atoms with Crippen molar-refractivity contribution in [3.8, 4) is 17.1 Å². The van der Waals surface area contributed by atoms with Gasteiger partial charge in [-0.3, -0.25) is 10.1 Å². The molecular weight excluding hydrogens is 649 g/mol. The molecule has 10 nitrogen and oxygen atoms in total. The van der Waals surface area contributed by atoms with Crippen LogP contribution in [0.25, 0.3) is 22.2 Å². The maximum atomic E-state index is 13.5. The Morgan fingerprint density at radius 2 is 1.67 bits per heavy atom. The Hall–Kier alpha value is -5.94. The van der Waals surface area contributed by atoms with Crippen molar-refractivity contribution in [2.24, 2.45) is 0 Å². The third kappa shape index (κ3) is 8.32. The van der Waals surface area contributed by atoms with Gasteiger partial charge in [-0.05, 0) is 99.1 Å². The van der Waals surface area contributed by atoms with Gasteiger partial charge in [0.1, 0.15) is 41.7 Å². The molecule has 0 aliphatic heterocycles. The number of ether oxygens (including phenoxy) is 2. The summed E-state index contributed by atoms with van der Waals surface area (Å²) in [7, 11) is 0. The summed E-state index contributed by atoms with van der Waals surface area (Å²) in [4.78, 5) is 34.3. The van der Waals surface area contributed by atoms with Gasteiger partial charge in [0.05, 0.1) is 21.9 Å². The topological polar surface area (TPSA) is 128 Å². The lowest BCUT2D eigenvalue weighted by molar-refractivity contribution is 0.0635. The van der Waals surface area contributed by atoms with Gasteiger partial charge < -0.3 is 24.5 Å². The first-order chi connectivity index (χ1) is 23.5. The minimum Gasteiger partial charge on any atom is -0.487 e. The molecule has 6 aromatic rings. The fourth-order valence-corrected chi connectivity index (χ4v) is 5.08. The molecule has 2 aromatic heterocycles. The van der Waals surface area contributed by atoms with Gasteiger partial charge in [0.15, 0.2) is 5.76 Å². The molecule has 0 atom stereocenters. The zero-order valence-corrected chi connectivity index (χ0v) is 27.5. The zero-order valence-electron chi connectivity index (χ0n) is 26.7. The third-order valence-electron chi connectivity index (χ3n) is 7.04. The number of anilines is 4. The Balaban J connectivity index is 1.16. The quantitative estimate of drug-likeness (QED) is 0.138. The largest absolute Gasteiger partial charge is 0.487 e. The first-order valence-electron chi connectivity index (χ1n) is 15.2. The van der Waals surface area contributed by atoms with Gasteiger partial charge >= 0.3 is 6.09 Å². The van der Waals surface area contributed by atoms with E-state index in [1.807, 2.05) is 18.2 Å². The minimum absolute atomic E-state index is 0.0687. The lowest BCUT2D eigenvalue weighted by Gasteiger charge is -2.20. The van der Waals surface area contributed by atoms with Crippen LogP contribution in [-0.4, -0.2) is 27.6 Å². The van der Waals surface area contributed by atoms with E-state index in [-0.39, 0.29) is 18.2 Å². The Morgan fingerprint density at radius 3 is 2.43 bits per heavy atom. The van der Waals surface area contributed by atoms with Crippen LogP contribution in [0.15, 0.2) is 108 Å². The number of nitrogens with zero attached hydrogens (tertiary/aromatic N) is 2. The van der Waals surface area contributed by atoms with Crippen molar-refractivity contribution in [1.29, 1.82) is 0 Å². The average molecular weight is 680 g/mol. The SMILES string of the molecule is CC(C)(C)OC(=O)Nc1ccccc1NC(=O)c1ccc(-c2ccc3ncnc(Nc4ccc(OCc5cccc(F)c5)c(Cl)c4)c3c2)o1. The van der Waals surface area contributed by atoms with Crippen molar-refractivity contribution in [3.05, 3.63) is 126 Å². The number of furan rings is 1. The highest BCUT2D eigenvalue weighted by molar-refractivity contribution is 6.32. The van der Waals surface area contributed by atoms with Gasteiger partial charge in [-0.15, -0.1) is 0 Å². The van der Waals surface area contributed by atoms with Crippen molar-refractivity contribution in [2.45, 2.75) is 33.0 Å². The molecule has 6 rings (SSSR count). The van der Waals surface area contributed by atoms with Gasteiger partial charge in [-0.25, -0.2) is 19.2 Å². The molecule has 248 valence electrons. The number of nitrogens with one attached hydrogen (secondary N) is 3. The fourth-order valence-electron chi connectivity index (χ4n) is 4.84. The monoisotopic (exact) mass is 679 g/mol. The van der Waals surface area contributed by atoms with Gasteiger partial charge in [0, 0.05) is 16.6 Å². The molecular formula is C37H31ClFN5O5. The van der Waals surface area contributed by atoms with Crippen LogP contribution in [0.5, 0.6) is 5.75 Å². The summed E-state index contributed by atoms with van der Waals surface area (Å²) < 4.78 is 30.6. The molecule has 0 fully saturated rings. The first-order valence-corrected chi connectivity index (χ1v) is 15.6. The number of halogens is 2. The summed E-state index contributed by atoms with van der Waals surface area (Å²) in [5.74, 6) is 0.653. The second-order valence-electron chi connectivity index (χ2n) is 11.9. The Bertz CT molecular complexity index is 2160. The van der Waals surface area contributed by atoms with E-state index in [4.69, 9.17) is 25.5 Å². The summed E-state index contributed by atoms with van der Waals surface area (Å²) in [6.07, 6.45) is 0.809. The van der Waals surface area contributed by atoms with E-state index >= 15 is 0 Å². The number of amides is 2. The molecule has 49 heavy (non-hydrogen) atoms. The number of carbonyl (C=O) groups excluding carboxylic acids is 2. The molecule has 12 heteroatoms. The van der Waals surface area contributed by atoms with Crippen LogP contribution in [0.3, 0.4) is 0 Å². The van der Waals surface area contributed by atoms with Gasteiger partial charge in [-0.2, -0.15) is 0 Å². The van der Waals surface area contributed by atoms with Gasteiger partial charge in [-0.1, -0.05) is 35.9 Å². The first kappa shape index (κ1) is 33.0. The van der Waals surface area contributed by atoms with Crippen LogP contribution < -0.4 is 20.7 Å². The molecule has 2 amide bonds. The summed E-state index contributed by atoms with van der Waals surface area (Å²) >= 11 is 6.51. The zero-order chi connectivity index (χ0) is 34.5. The van der Waals surface area contributed by atoms with E-state index < -0.39 is 17.6 Å². The summed E-state index contributed by atoms with van der Waals surface area (Å²) in [6.45, 7) is 5.45. The van der Waals surface area contributed by atoms with Gasteiger partial charge in [0.25, 0.3) is 5.91 Å². The molecule has 2 heterocycles. The normalized spacial score (nSPS) is 11.2. The van der Waals surface area contributed by atoms with Crippen LogP contribution in [0.1, 0.15) is 36.9 Å². The standard InChI is InChI=1S/C37H31ClFN5O5/c1-37(2,3)49-36(46)44-30-10-5-4-9-29(30)43-35(45)33-16-15-31(48-33)23-11-13-28-26(18-23)34(41-21-40-28)42-25-12-14-32(27(38)19-25)47-20-22-7-6-8-24(39)17-22/h4-19,21H,20H2,1-3H3,(H,43,45)(H,44,46)(H,40,41,42). The molecule has 0 bridgehead atoms. The number of carbonyl (C=O) groups is 2. The number of benzene rings is 4. The highest BCUT2D eigenvalue weighted by atomic mass is 35.5. The van der Waals surface area contributed by atoms with E-state index in [1.54, 1.807) is 87.5 Å². The number of rotatable bonds is 9. The van der Waals surface area contributed by atoms with Crippen molar-refractivity contribution in [1.82, 2.24) is 9.97 Å². The molecule has 4 aromatic carbocycles. The predicted octanol–water partition coefficient (Wildman–Crippen LogP) is 9.60. The number of aromatic nitrogens is 2. The highest BCUT2D eigenvalue weighted by Gasteiger charge is 2.19. The van der Waals surface area contributed by atoms with Crippen LogP contribution in [-0.2, 0) is 11.3 Å². The smallest absolute Gasteiger partial charge is 0.412 e. The highest BCUT2D eigenvalue weighted by Crippen LogP contribution is 2.33. The van der Waals surface area contributed by atoms with Crippen LogP contribution in [0, 0.1) is 5.82 Å². The van der Waals surface area contributed by atoms with Crippen molar-refractivity contribution in [3.63, 3.8) is 0 Å². The molecule has 0 unspecified atom stereocenters. The third-order valence-corrected chi connectivity index (χ3v) is 7.33. The summed E-state index contributed by atoms with van der Waals surface area (Å²) in [6, 6.07) is 27.0. The molecule has 0 saturated heterocycles. The average Bonchev–Trinajstić information content (AvgIpc) is 3.55. The summed E-state index contributed by atoms with van der Waals surface area (Å²) in [5.41, 5.74) is 2.78. The van der Waals surface area contributed by atoms with Crippen LogP contribution in [0.2, 0.25) is 5.02 Å². The molecule has 0 radical (unpaired) electrons. The van der Waals surface area contributed by atoms with E-state index in [2.05, 4.69) is 25.9 Å². The van der Waals surface area contributed by atoms with E-state index in [0.29, 0.717) is 61.4 Å². The second kappa shape index (κ2) is 14.0. The number of hydrogen-bond donors (Lipinski definition) is 3. The number of para-hydroxylation sites is 2. The van der Waals surface area contributed by atoms with Crippen LogP contribution >= 0.6 is 11.6 Å². The van der Waals surface area contributed by atoms with E-state index in [9.17, 15) is 14.0 Å². The molecule has 0 aliphatic rings. The minimum atomic E-state index is -0.680. The van der Waals surface area contributed by atoms with Gasteiger partial charge in [0.2, 0.25) is 0 Å². The Kier molecular flexibility index (Phi) is 9.45. The second-order valence-corrected chi connectivity index (χ2v) is 12.3. The van der Waals surface area contributed by atoms with Crippen molar-refractivity contribution in [2.75, 3.05) is 16.0 Å². The van der Waals surface area contributed by atoms with Crippen molar-refractivity contribution >= 4 is 57.4 Å². The molecule has 0 spiro atoms. The number of hydrogen-bond acceptors (Lipinski definition) is 8. The fraction of sp³-hybridized carbons (Fsp3) is 0.135. The Morgan fingerprint density at radius 1 is 0.878 bits per heavy atom. The van der Waals surface area contributed by atoms with Crippen molar-refractivity contribution < 1.29 is 27.9 Å². The number of fused-ring (bicyclic) bond motifs is 1. The lowest BCUT2D eigenvalue weighted by Crippen LogP contribution is -2.27. The molecule has 3 N–H and O–H groups in total.